The molecule has 5 rings (SSSR count). The lowest BCUT2D eigenvalue weighted by molar-refractivity contribution is -0.137. The highest BCUT2D eigenvalue weighted by Gasteiger charge is 2.34. The van der Waals surface area contributed by atoms with Crippen molar-refractivity contribution >= 4 is 16.9 Å². The van der Waals surface area contributed by atoms with Gasteiger partial charge in [-0.15, -0.1) is 0 Å². The number of halogens is 3. The first-order valence-electron chi connectivity index (χ1n) is 10.9. The number of rotatable bonds is 5. The zero-order valence-electron chi connectivity index (χ0n) is 18.4. The van der Waals surface area contributed by atoms with Crippen LogP contribution in [-0.4, -0.2) is 36.4 Å². The van der Waals surface area contributed by atoms with Crippen LogP contribution in [0.5, 0.6) is 0 Å². The first kappa shape index (κ1) is 22.1. The Labute approximate surface area is 193 Å². The first-order valence-corrected chi connectivity index (χ1v) is 10.9. The molecule has 2 N–H and O–H groups in total. The molecule has 1 aliphatic heterocycles. The zero-order valence-corrected chi connectivity index (χ0v) is 18.4. The lowest BCUT2D eigenvalue weighted by Gasteiger charge is -2.33. The molecule has 2 aromatic carbocycles. The summed E-state index contributed by atoms with van der Waals surface area (Å²) in [7, 11) is 1.95. The van der Waals surface area contributed by atoms with Gasteiger partial charge in [0.05, 0.1) is 46.9 Å². The van der Waals surface area contributed by atoms with E-state index in [9.17, 15) is 18.0 Å². The maximum absolute atomic E-state index is 13.2. The van der Waals surface area contributed by atoms with Crippen LogP contribution in [0.25, 0.3) is 11.0 Å². The van der Waals surface area contributed by atoms with Gasteiger partial charge in [-0.2, -0.15) is 13.2 Å². The number of carbonyl (C=O) groups excluding carboxylic acids is 1. The van der Waals surface area contributed by atoms with Crippen LogP contribution in [-0.2, 0) is 44.1 Å². The summed E-state index contributed by atoms with van der Waals surface area (Å²) in [5, 5.41) is 2.88. The zero-order chi connectivity index (χ0) is 23.9. The van der Waals surface area contributed by atoms with Crippen LogP contribution in [0, 0.1) is 0 Å². The first-order chi connectivity index (χ1) is 16.3. The number of aromatic nitrogens is 4. The van der Waals surface area contributed by atoms with E-state index in [0.717, 1.165) is 40.4 Å². The Morgan fingerprint density at radius 2 is 1.94 bits per heavy atom. The second-order valence-corrected chi connectivity index (χ2v) is 8.44. The molecule has 4 aromatic rings. The third kappa shape index (κ3) is 4.28. The lowest BCUT2D eigenvalue weighted by Crippen LogP contribution is -2.50. The summed E-state index contributed by atoms with van der Waals surface area (Å²) < 4.78 is 40.4. The molecule has 0 unspecified atom stereocenters. The molecule has 10 heteroatoms. The molecule has 1 amide bonds. The Bertz CT molecular complexity index is 1320. The third-order valence-corrected chi connectivity index (χ3v) is 6.27. The van der Waals surface area contributed by atoms with Gasteiger partial charge in [0.15, 0.2) is 0 Å². The molecule has 0 fully saturated rings. The van der Waals surface area contributed by atoms with Crippen molar-refractivity contribution in [3.05, 3.63) is 83.2 Å². The second kappa shape index (κ2) is 8.60. The van der Waals surface area contributed by atoms with E-state index in [1.54, 1.807) is 6.33 Å². The number of nitrogens with zero attached hydrogens (tertiary/aromatic N) is 4. The summed E-state index contributed by atoms with van der Waals surface area (Å²) in [4.78, 5) is 27.5. The number of carbonyl (C=O) groups is 1. The standard InChI is InChI=1S/C24H23F3N6O/c1-32-20-5-3-2-4-17(20)31-22(32)13-33-12-19-18(29-14-30-19)10-21(33)23(34)28-11-15-6-8-16(9-7-15)24(25,26)27/h2-9,14,21H,10-13H2,1H3,(H,28,34)(H,29,30)/t21-/m0/s1. The van der Waals surface area contributed by atoms with Crippen molar-refractivity contribution in [2.75, 3.05) is 0 Å². The normalized spacial score (nSPS) is 16.5. The number of amides is 1. The Balaban J connectivity index is 1.33. The number of hydrogen-bond donors (Lipinski definition) is 2. The van der Waals surface area contributed by atoms with Gasteiger partial charge in [-0.3, -0.25) is 9.69 Å². The molecule has 2 aromatic heterocycles. The van der Waals surface area contributed by atoms with Crippen LogP contribution in [0.2, 0.25) is 0 Å². The van der Waals surface area contributed by atoms with Crippen LogP contribution in [0.4, 0.5) is 13.2 Å². The van der Waals surface area contributed by atoms with Gasteiger partial charge in [0.1, 0.15) is 5.82 Å². The molecule has 0 saturated heterocycles. The molecule has 1 aliphatic rings. The number of imidazole rings is 2. The molecular weight excluding hydrogens is 445 g/mol. The van der Waals surface area contributed by atoms with Crippen LogP contribution in [0.3, 0.4) is 0 Å². The molecule has 34 heavy (non-hydrogen) atoms. The minimum Gasteiger partial charge on any atom is -0.351 e. The Morgan fingerprint density at radius 3 is 2.68 bits per heavy atom. The fraction of sp³-hybridized carbons (Fsp3) is 0.292. The summed E-state index contributed by atoms with van der Waals surface area (Å²) in [5.41, 5.74) is 3.60. The number of fused-ring (bicyclic) bond motifs is 2. The molecule has 0 radical (unpaired) electrons. The fourth-order valence-corrected chi connectivity index (χ4v) is 4.35. The van der Waals surface area contributed by atoms with Gasteiger partial charge in [-0.25, -0.2) is 9.97 Å². The molecule has 176 valence electrons. The van der Waals surface area contributed by atoms with Crippen molar-refractivity contribution in [1.29, 1.82) is 0 Å². The number of aromatic amines is 1. The minimum absolute atomic E-state index is 0.140. The minimum atomic E-state index is -4.39. The van der Waals surface area contributed by atoms with Crippen molar-refractivity contribution in [2.45, 2.75) is 38.3 Å². The van der Waals surface area contributed by atoms with Crippen LogP contribution >= 0.6 is 0 Å². The average molecular weight is 468 g/mol. The fourth-order valence-electron chi connectivity index (χ4n) is 4.35. The van der Waals surface area contributed by atoms with Crippen molar-refractivity contribution in [3.8, 4) is 0 Å². The van der Waals surface area contributed by atoms with E-state index in [2.05, 4.69) is 15.3 Å². The highest BCUT2D eigenvalue weighted by atomic mass is 19.4. The number of H-pyrrole nitrogens is 1. The molecule has 1 atom stereocenters. The molecule has 0 saturated carbocycles. The number of aryl methyl sites for hydroxylation is 1. The maximum atomic E-state index is 13.2. The average Bonchev–Trinajstić information content (AvgIpc) is 3.40. The highest BCUT2D eigenvalue weighted by molar-refractivity contribution is 5.82. The van der Waals surface area contributed by atoms with Crippen molar-refractivity contribution in [2.24, 2.45) is 7.05 Å². The Hall–Kier alpha value is -3.66. The monoisotopic (exact) mass is 468 g/mol. The van der Waals surface area contributed by atoms with Crippen LogP contribution < -0.4 is 5.32 Å². The van der Waals surface area contributed by atoms with Crippen LogP contribution in [0.1, 0.15) is 28.3 Å². The van der Waals surface area contributed by atoms with Gasteiger partial charge in [0, 0.05) is 26.6 Å². The Morgan fingerprint density at radius 1 is 1.18 bits per heavy atom. The summed E-state index contributed by atoms with van der Waals surface area (Å²) in [6, 6.07) is 12.2. The van der Waals surface area contributed by atoms with E-state index in [-0.39, 0.29) is 12.5 Å². The number of alkyl halides is 3. The predicted octanol–water partition coefficient (Wildman–Crippen LogP) is 3.56. The molecule has 0 spiro atoms. The number of para-hydroxylation sites is 2. The summed E-state index contributed by atoms with van der Waals surface area (Å²) in [6.45, 7) is 1.11. The van der Waals surface area contributed by atoms with Gasteiger partial charge in [-0.05, 0) is 29.8 Å². The van der Waals surface area contributed by atoms with Crippen LogP contribution in [0.15, 0.2) is 54.9 Å². The van der Waals surface area contributed by atoms with E-state index >= 15 is 0 Å². The quantitative estimate of drug-likeness (QED) is 0.470. The van der Waals surface area contributed by atoms with E-state index < -0.39 is 17.8 Å². The van der Waals surface area contributed by atoms with Crippen molar-refractivity contribution in [1.82, 2.24) is 29.7 Å². The van der Waals surface area contributed by atoms with E-state index in [0.29, 0.717) is 25.1 Å². The summed E-state index contributed by atoms with van der Waals surface area (Å²) >= 11 is 0. The van der Waals surface area contributed by atoms with Gasteiger partial charge < -0.3 is 14.9 Å². The van der Waals surface area contributed by atoms with Gasteiger partial charge in [-0.1, -0.05) is 24.3 Å². The highest BCUT2D eigenvalue weighted by Crippen LogP contribution is 2.29. The molecule has 0 aliphatic carbocycles. The van der Waals surface area contributed by atoms with Gasteiger partial charge >= 0.3 is 6.18 Å². The summed E-state index contributed by atoms with van der Waals surface area (Å²) in [5.74, 6) is 0.636. The second-order valence-electron chi connectivity index (χ2n) is 8.44. The van der Waals surface area contributed by atoms with Crippen molar-refractivity contribution < 1.29 is 18.0 Å². The number of hydrogen-bond acceptors (Lipinski definition) is 4. The number of nitrogens with one attached hydrogen (secondary N) is 2. The summed E-state index contributed by atoms with van der Waals surface area (Å²) in [6.07, 6.45) is -2.33. The van der Waals surface area contributed by atoms with Gasteiger partial charge in [0.25, 0.3) is 0 Å². The van der Waals surface area contributed by atoms with E-state index in [4.69, 9.17) is 4.98 Å². The number of benzene rings is 2. The largest absolute Gasteiger partial charge is 0.416 e. The molecular formula is C24H23F3N6O. The topological polar surface area (TPSA) is 78.8 Å². The van der Waals surface area contributed by atoms with Crippen molar-refractivity contribution in [3.63, 3.8) is 0 Å². The SMILES string of the molecule is Cn1c(CN2Cc3[nH]cnc3C[C@H]2C(=O)NCc2ccc(C(F)(F)F)cc2)nc2ccccc21. The van der Waals surface area contributed by atoms with E-state index in [1.165, 1.54) is 12.1 Å². The Kier molecular flexibility index (Phi) is 5.60. The van der Waals surface area contributed by atoms with Gasteiger partial charge in [0.2, 0.25) is 5.91 Å². The third-order valence-electron chi connectivity index (χ3n) is 6.27. The smallest absolute Gasteiger partial charge is 0.351 e. The maximum Gasteiger partial charge on any atom is 0.416 e. The van der Waals surface area contributed by atoms with E-state index in [1.807, 2.05) is 40.8 Å². The lowest BCUT2D eigenvalue weighted by atomic mass is 10.0. The predicted molar refractivity (Wildman–Crippen MR) is 119 cm³/mol. The molecule has 7 nitrogen and oxygen atoms in total. The molecule has 3 heterocycles. The molecule has 0 bridgehead atoms.